The number of ether oxygens (including phenoxy) is 2. The number of rotatable bonds is 7. The summed E-state index contributed by atoms with van der Waals surface area (Å²) < 4.78 is 11.0. The lowest BCUT2D eigenvalue weighted by atomic mass is 10.1. The molecule has 1 N–H and O–H groups in total. The number of aliphatic hydroxyl groups is 1. The number of Topliss-reactive ketones (excluding diaryl/α,β-unsaturated/α-hetero) is 1. The van der Waals surface area contributed by atoms with Gasteiger partial charge in [0.25, 0.3) is 0 Å². The van der Waals surface area contributed by atoms with E-state index in [0.29, 0.717) is 29.6 Å². The standard InChI is InChI=1S/C21H25NO4/c1-14-10-17-6-4-5-7-19(17)22(14)12-18(24)13-26-20-9-8-16(15(2)23)11-21(20)25-3/h4-9,11,14,18,24H,10,12-13H2,1-3H3/t14-,18+/m0/s1. The van der Waals surface area contributed by atoms with Crippen molar-refractivity contribution in [2.75, 3.05) is 25.2 Å². The number of carbonyl (C=O) groups excluding carboxylic acids is 1. The second kappa shape index (κ2) is 7.79. The molecule has 1 aliphatic heterocycles. The number of carbonyl (C=O) groups is 1. The van der Waals surface area contributed by atoms with Crippen LogP contribution in [0.3, 0.4) is 0 Å². The highest BCUT2D eigenvalue weighted by Gasteiger charge is 2.27. The van der Waals surface area contributed by atoms with Crippen molar-refractivity contribution in [1.82, 2.24) is 0 Å². The van der Waals surface area contributed by atoms with E-state index in [1.807, 2.05) is 12.1 Å². The molecule has 5 nitrogen and oxygen atoms in total. The number of benzene rings is 2. The quantitative estimate of drug-likeness (QED) is 0.774. The predicted octanol–water partition coefficient (Wildman–Crippen LogP) is 3.09. The van der Waals surface area contributed by atoms with Crippen molar-refractivity contribution in [2.24, 2.45) is 0 Å². The Labute approximate surface area is 154 Å². The molecule has 5 heteroatoms. The van der Waals surface area contributed by atoms with Crippen LogP contribution < -0.4 is 14.4 Å². The van der Waals surface area contributed by atoms with Crippen molar-refractivity contribution in [3.8, 4) is 11.5 Å². The fourth-order valence-electron chi connectivity index (χ4n) is 3.38. The van der Waals surface area contributed by atoms with Gasteiger partial charge >= 0.3 is 0 Å². The maximum absolute atomic E-state index is 11.5. The average molecular weight is 355 g/mol. The first kappa shape index (κ1) is 18.3. The van der Waals surface area contributed by atoms with Crippen molar-refractivity contribution in [2.45, 2.75) is 32.4 Å². The van der Waals surface area contributed by atoms with Crippen LogP contribution in [-0.4, -0.2) is 43.3 Å². The SMILES string of the molecule is COc1cc(C(C)=O)ccc1OC[C@H](O)CN1c2ccccc2C[C@@H]1C. The smallest absolute Gasteiger partial charge is 0.161 e. The van der Waals surface area contributed by atoms with Crippen LogP contribution in [0.15, 0.2) is 42.5 Å². The van der Waals surface area contributed by atoms with Gasteiger partial charge in [0.2, 0.25) is 0 Å². The van der Waals surface area contributed by atoms with E-state index >= 15 is 0 Å². The Morgan fingerprint density at radius 1 is 1.27 bits per heavy atom. The van der Waals surface area contributed by atoms with E-state index in [9.17, 15) is 9.90 Å². The summed E-state index contributed by atoms with van der Waals surface area (Å²) in [6, 6.07) is 13.7. The third-order valence-electron chi connectivity index (χ3n) is 4.76. The van der Waals surface area contributed by atoms with Gasteiger partial charge in [0.15, 0.2) is 17.3 Å². The van der Waals surface area contributed by atoms with E-state index in [1.165, 1.54) is 25.3 Å². The number of hydrogen-bond acceptors (Lipinski definition) is 5. The number of aliphatic hydroxyl groups excluding tert-OH is 1. The molecule has 0 unspecified atom stereocenters. The number of β-amino-alcohol motifs (C(OH)–C–C–N with tert-alkyl or cyclic N) is 1. The normalized spacial score (nSPS) is 16.9. The van der Waals surface area contributed by atoms with E-state index in [-0.39, 0.29) is 12.4 Å². The van der Waals surface area contributed by atoms with Crippen LogP contribution in [0.25, 0.3) is 0 Å². The third kappa shape index (κ3) is 3.83. The molecular formula is C21H25NO4. The molecule has 0 aliphatic carbocycles. The molecule has 0 spiro atoms. The number of ketones is 1. The van der Waals surface area contributed by atoms with Crippen molar-refractivity contribution in [1.29, 1.82) is 0 Å². The maximum atomic E-state index is 11.5. The fraction of sp³-hybridized carbons (Fsp3) is 0.381. The van der Waals surface area contributed by atoms with Crippen LogP contribution in [0.1, 0.15) is 29.8 Å². The van der Waals surface area contributed by atoms with Crippen molar-refractivity contribution < 1.29 is 19.4 Å². The molecule has 0 bridgehead atoms. The molecule has 1 aliphatic rings. The topological polar surface area (TPSA) is 59.0 Å². The van der Waals surface area contributed by atoms with Gasteiger partial charge in [-0.2, -0.15) is 0 Å². The first-order valence-corrected chi connectivity index (χ1v) is 8.84. The lowest BCUT2D eigenvalue weighted by Gasteiger charge is -2.27. The third-order valence-corrected chi connectivity index (χ3v) is 4.76. The molecule has 26 heavy (non-hydrogen) atoms. The number of fused-ring (bicyclic) bond motifs is 1. The Balaban J connectivity index is 1.63. The van der Waals surface area contributed by atoms with Gasteiger partial charge in [-0.15, -0.1) is 0 Å². The summed E-state index contributed by atoms with van der Waals surface area (Å²) in [6.07, 6.45) is 0.352. The van der Waals surface area contributed by atoms with Crippen LogP contribution in [0, 0.1) is 0 Å². The van der Waals surface area contributed by atoms with Crippen molar-refractivity contribution in [3.63, 3.8) is 0 Å². The van der Waals surface area contributed by atoms with E-state index in [0.717, 1.165) is 6.42 Å². The second-order valence-electron chi connectivity index (χ2n) is 6.72. The molecule has 1 heterocycles. The summed E-state index contributed by atoms with van der Waals surface area (Å²) >= 11 is 0. The van der Waals surface area contributed by atoms with Crippen molar-refractivity contribution >= 4 is 11.5 Å². The van der Waals surface area contributed by atoms with E-state index in [4.69, 9.17) is 9.47 Å². The van der Waals surface area contributed by atoms with Crippen LogP contribution in [0.2, 0.25) is 0 Å². The zero-order chi connectivity index (χ0) is 18.7. The second-order valence-corrected chi connectivity index (χ2v) is 6.72. The summed E-state index contributed by atoms with van der Waals surface area (Å²) in [6.45, 7) is 4.33. The number of para-hydroxylation sites is 1. The molecule has 138 valence electrons. The van der Waals surface area contributed by atoms with Crippen LogP contribution in [0.4, 0.5) is 5.69 Å². The van der Waals surface area contributed by atoms with Gasteiger partial charge in [0.05, 0.1) is 7.11 Å². The molecule has 3 rings (SSSR count). The van der Waals surface area contributed by atoms with Crippen LogP contribution in [0.5, 0.6) is 11.5 Å². The zero-order valence-electron chi connectivity index (χ0n) is 15.4. The molecule has 2 aromatic carbocycles. The van der Waals surface area contributed by atoms with Crippen LogP contribution in [-0.2, 0) is 6.42 Å². The molecule has 2 aromatic rings. The monoisotopic (exact) mass is 355 g/mol. The number of nitrogens with zero attached hydrogens (tertiary/aromatic N) is 1. The number of methoxy groups -OCH3 is 1. The van der Waals surface area contributed by atoms with E-state index < -0.39 is 6.10 Å². The van der Waals surface area contributed by atoms with E-state index in [2.05, 4.69) is 24.0 Å². The minimum atomic E-state index is -0.638. The summed E-state index contributed by atoms with van der Waals surface area (Å²) in [5.74, 6) is 0.979. The fourth-order valence-corrected chi connectivity index (χ4v) is 3.38. The Morgan fingerprint density at radius 3 is 2.77 bits per heavy atom. The Hall–Kier alpha value is -2.53. The summed E-state index contributed by atoms with van der Waals surface area (Å²) in [5.41, 5.74) is 3.06. The highest BCUT2D eigenvalue weighted by Crippen LogP contribution is 2.32. The number of anilines is 1. The average Bonchev–Trinajstić information content (AvgIpc) is 2.95. The summed E-state index contributed by atoms with van der Waals surface area (Å²) in [7, 11) is 1.53. The molecule has 2 atom stereocenters. The Bertz CT molecular complexity index is 789. The van der Waals surface area contributed by atoms with Gasteiger partial charge in [0.1, 0.15) is 12.7 Å². The molecular weight excluding hydrogens is 330 g/mol. The highest BCUT2D eigenvalue weighted by molar-refractivity contribution is 5.94. The maximum Gasteiger partial charge on any atom is 0.161 e. The van der Waals surface area contributed by atoms with Gasteiger partial charge in [-0.1, -0.05) is 18.2 Å². The predicted molar refractivity (Wildman–Crippen MR) is 101 cm³/mol. The molecule has 0 aromatic heterocycles. The van der Waals surface area contributed by atoms with Gasteiger partial charge in [-0.25, -0.2) is 0 Å². The molecule has 0 saturated carbocycles. The first-order valence-electron chi connectivity index (χ1n) is 8.84. The minimum Gasteiger partial charge on any atom is -0.493 e. The summed E-state index contributed by atoms with van der Waals surface area (Å²) in [4.78, 5) is 13.7. The van der Waals surface area contributed by atoms with E-state index in [1.54, 1.807) is 18.2 Å². The molecule has 0 radical (unpaired) electrons. The molecule has 0 fully saturated rings. The van der Waals surface area contributed by atoms with Crippen molar-refractivity contribution in [3.05, 3.63) is 53.6 Å². The zero-order valence-corrected chi connectivity index (χ0v) is 15.4. The first-order chi connectivity index (χ1) is 12.5. The number of hydrogen-bond donors (Lipinski definition) is 1. The van der Waals surface area contributed by atoms with Gasteiger partial charge in [-0.05, 0) is 50.1 Å². The highest BCUT2D eigenvalue weighted by atomic mass is 16.5. The van der Waals surface area contributed by atoms with Gasteiger partial charge in [0, 0.05) is 23.8 Å². The van der Waals surface area contributed by atoms with Gasteiger partial charge < -0.3 is 19.5 Å². The Kier molecular flexibility index (Phi) is 5.47. The lowest BCUT2D eigenvalue weighted by Crippen LogP contribution is -2.39. The van der Waals surface area contributed by atoms with Gasteiger partial charge in [-0.3, -0.25) is 4.79 Å². The largest absolute Gasteiger partial charge is 0.493 e. The molecule has 0 saturated heterocycles. The summed E-state index contributed by atoms with van der Waals surface area (Å²) in [5, 5.41) is 10.5. The molecule has 0 amide bonds. The van der Waals surface area contributed by atoms with Crippen LogP contribution >= 0.6 is 0 Å². The lowest BCUT2D eigenvalue weighted by molar-refractivity contribution is 0.101. The Morgan fingerprint density at radius 2 is 2.04 bits per heavy atom. The minimum absolute atomic E-state index is 0.0310.